The molecule has 0 bridgehead atoms. The van der Waals surface area contributed by atoms with E-state index in [-0.39, 0.29) is 24.3 Å². The average molecular weight is 386 g/mol. The Labute approximate surface area is 164 Å². The third-order valence-corrected chi connectivity index (χ3v) is 6.79. The lowest BCUT2D eigenvalue weighted by Crippen LogP contribution is -2.56. The zero-order valence-corrected chi connectivity index (χ0v) is 16.1. The van der Waals surface area contributed by atoms with Gasteiger partial charge in [0, 0.05) is 37.7 Å². The lowest BCUT2D eigenvalue weighted by Gasteiger charge is -2.37. The normalized spacial score (nSPS) is 32.2. The number of fused-ring (bicyclic) bond motifs is 1. The quantitative estimate of drug-likeness (QED) is 0.853. The molecule has 0 aliphatic carbocycles. The maximum Gasteiger partial charge on any atom is 0.311 e. The monoisotopic (exact) mass is 386 g/mol. The largest absolute Gasteiger partial charge is 0.481 e. The highest BCUT2D eigenvalue weighted by Crippen LogP contribution is 2.44. The van der Waals surface area contributed by atoms with Crippen molar-refractivity contribution >= 4 is 17.8 Å². The van der Waals surface area contributed by atoms with Crippen LogP contribution in [0.5, 0.6) is 0 Å². The molecule has 1 N–H and O–H groups in total. The minimum absolute atomic E-state index is 0.149. The van der Waals surface area contributed by atoms with Gasteiger partial charge in [-0.1, -0.05) is 18.2 Å². The number of ether oxygens (including phenoxy) is 1. The first-order valence-electron chi connectivity index (χ1n) is 9.86. The van der Waals surface area contributed by atoms with Gasteiger partial charge in [0.25, 0.3) is 5.91 Å². The van der Waals surface area contributed by atoms with E-state index in [2.05, 4.69) is 0 Å². The van der Waals surface area contributed by atoms with Gasteiger partial charge in [-0.05, 0) is 38.3 Å². The maximum absolute atomic E-state index is 13.5. The molecule has 0 radical (unpaired) electrons. The summed E-state index contributed by atoms with van der Waals surface area (Å²) >= 11 is 0. The molecule has 0 saturated carbocycles. The van der Waals surface area contributed by atoms with Crippen LogP contribution < -0.4 is 0 Å². The number of rotatable bonds is 3. The molecule has 3 aliphatic rings. The minimum Gasteiger partial charge on any atom is -0.481 e. The van der Waals surface area contributed by atoms with Crippen LogP contribution in [0.4, 0.5) is 0 Å². The Kier molecular flexibility index (Phi) is 4.65. The first-order valence-corrected chi connectivity index (χ1v) is 9.86. The van der Waals surface area contributed by atoms with Crippen LogP contribution in [0.3, 0.4) is 0 Å². The van der Waals surface area contributed by atoms with Gasteiger partial charge in [-0.25, -0.2) is 0 Å². The van der Waals surface area contributed by atoms with Crippen molar-refractivity contribution < 1.29 is 24.2 Å². The lowest BCUT2D eigenvalue weighted by atomic mass is 9.74. The van der Waals surface area contributed by atoms with Crippen LogP contribution in [0.25, 0.3) is 0 Å². The van der Waals surface area contributed by atoms with Crippen LogP contribution >= 0.6 is 0 Å². The number of carbonyl (C=O) groups is 3. The van der Waals surface area contributed by atoms with Crippen molar-refractivity contribution in [3.63, 3.8) is 0 Å². The standard InChI is InChI=1S/C21H26N2O5/c1-20(8-5-10-23(20)17(24)15-6-3-2-4-7-15)18(25)22-12-16-13-28-11-9-21(16,14-22)19(26)27/h2-4,6-7,16H,5,8-14H2,1H3,(H,26,27)/t16-,20?,21+/m0/s1. The van der Waals surface area contributed by atoms with E-state index in [9.17, 15) is 19.5 Å². The van der Waals surface area contributed by atoms with E-state index in [4.69, 9.17) is 4.74 Å². The predicted molar refractivity (Wildman–Crippen MR) is 101 cm³/mol. The van der Waals surface area contributed by atoms with Gasteiger partial charge in [-0.2, -0.15) is 0 Å². The minimum atomic E-state index is -0.943. The molecule has 1 unspecified atom stereocenters. The molecular formula is C21H26N2O5. The molecule has 7 nitrogen and oxygen atoms in total. The number of carboxylic acid groups (broad SMARTS) is 1. The van der Waals surface area contributed by atoms with Crippen LogP contribution in [0.2, 0.25) is 0 Å². The summed E-state index contributed by atoms with van der Waals surface area (Å²) in [7, 11) is 0. The predicted octanol–water partition coefficient (Wildman–Crippen LogP) is 1.63. The van der Waals surface area contributed by atoms with E-state index in [0.717, 1.165) is 6.42 Å². The van der Waals surface area contributed by atoms with Gasteiger partial charge in [0.15, 0.2) is 0 Å². The number of likely N-dealkylation sites (tertiary alicyclic amines) is 2. The maximum atomic E-state index is 13.5. The molecule has 2 amide bonds. The number of aliphatic carboxylic acids is 1. The van der Waals surface area contributed by atoms with Gasteiger partial charge >= 0.3 is 5.97 Å². The van der Waals surface area contributed by atoms with E-state index in [1.165, 1.54) is 0 Å². The molecule has 4 rings (SSSR count). The molecule has 3 aliphatic heterocycles. The van der Waals surface area contributed by atoms with Crippen LogP contribution in [0, 0.1) is 11.3 Å². The number of benzene rings is 1. The average Bonchev–Trinajstić information content (AvgIpc) is 3.30. The Balaban J connectivity index is 1.58. The van der Waals surface area contributed by atoms with Gasteiger partial charge in [0.1, 0.15) is 5.54 Å². The molecule has 3 heterocycles. The summed E-state index contributed by atoms with van der Waals surface area (Å²) in [5, 5.41) is 9.86. The summed E-state index contributed by atoms with van der Waals surface area (Å²) in [4.78, 5) is 41.9. The SMILES string of the molecule is CC1(C(=O)N2C[C@H]3COCC[C@@]3(C(=O)O)C2)CCCN1C(=O)c1ccccc1. The molecule has 3 saturated heterocycles. The Bertz CT molecular complexity index is 797. The smallest absolute Gasteiger partial charge is 0.311 e. The molecule has 28 heavy (non-hydrogen) atoms. The molecule has 7 heteroatoms. The van der Waals surface area contributed by atoms with Crippen LogP contribution in [0.15, 0.2) is 30.3 Å². The first-order chi connectivity index (χ1) is 13.4. The molecule has 1 aromatic rings. The second-order valence-corrected chi connectivity index (χ2v) is 8.37. The van der Waals surface area contributed by atoms with E-state index in [1.54, 1.807) is 21.9 Å². The molecule has 3 fully saturated rings. The Morgan fingerprint density at radius 1 is 1.18 bits per heavy atom. The van der Waals surface area contributed by atoms with Crippen LogP contribution in [-0.4, -0.2) is 71.1 Å². The molecule has 150 valence electrons. The molecule has 3 atom stereocenters. The molecule has 1 aromatic carbocycles. The number of hydrogen-bond donors (Lipinski definition) is 1. The molecule has 0 spiro atoms. The van der Waals surface area contributed by atoms with Crippen molar-refractivity contribution in [3.8, 4) is 0 Å². The topological polar surface area (TPSA) is 87.2 Å². The third-order valence-electron chi connectivity index (χ3n) is 6.79. The number of nitrogens with zero attached hydrogens (tertiary/aromatic N) is 2. The van der Waals surface area contributed by atoms with Crippen LogP contribution in [-0.2, 0) is 14.3 Å². The van der Waals surface area contributed by atoms with Gasteiger partial charge in [-0.15, -0.1) is 0 Å². The first kappa shape index (κ1) is 18.9. The van der Waals surface area contributed by atoms with Crippen molar-refractivity contribution in [1.82, 2.24) is 9.80 Å². The van der Waals surface area contributed by atoms with Crippen molar-refractivity contribution in [1.29, 1.82) is 0 Å². The van der Waals surface area contributed by atoms with Gasteiger partial charge in [-0.3, -0.25) is 14.4 Å². The summed E-state index contributed by atoms with van der Waals surface area (Å²) in [6.45, 7) is 3.67. The lowest BCUT2D eigenvalue weighted by molar-refractivity contribution is -0.157. The summed E-state index contributed by atoms with van der Waals surface area (Å²) in [6, 6.07) is 8.98. The van der Waals surface area contributed by atoms with Gasteiger partial charge in [0.2, 0.25) is 5.91 Å². The van der Waals surface area contributed by atoms with Gasteiger partial charge < -0.3 is 19.6 Å². The highest BCUT2D eigenvalue weighted by atomic mass is 16.5. The number of hydrogen-bond acceptors (Lipinski definition) is 4. The Morgan fingerprint density at radius 3 is 2.61 bits per heavy atom. The highest BCUT2D eigenvalue weighted by Gasteiger charge is 2.58. The summed E-state index contributed by atoms with van der Waals surface area (Å²) in [5.74, 6) is -1.36. The van der Waals surface area contributed by atoms with Crippen molar-refractivity contribution in [2.24, 2.45) is 11.3 Å². The number of amides is 2. The molecular weight excluding hydrogens is 360 g/mol. The second kappa shape index (κ2) is 6.88. The second-order valence-electron chi connectivity index (χ2n) is 8.37. The zero-order valence-electron chi connectivity index (χ0n) is 16.1. The van der Waals surface area contributed by atoms with Gasteiger partial charge in [0.05, 0.1) is 12.0 Å². The third kappa shape index (κ3) is 2.80. The van der Waals surface area contributed by atoms with Crippen molar-refractivity contribution in [2.75, 3.05) is 32.8 Å². The Hall–Kier alpha value is -2.41. The highest BCUT2D eigenvalue weighted by molar-refractivity contribution is 5.99. The fourth-order valence-electron chi connectivity index (χ4n) is 5.04. The zero-order chi connectivity index (χ0) is 19.9. The summed E-state index contributed by atoms with van der Waals surface area (Å²) < 4.78 is 5.49. The van der Waals surface area contributed by atoms with E-state index in [0.29, 0.717) is 44.7 Å². The van der Waals surface area contributed by atoms with Crippen molar-refractivity contribution in [3.05, 3.63) is 35.9 Å². The van der Waals surface area contributed by atoms with E-state index >= 15 is 0 Å². The number of carboxylic acids is 1. The number of carbonyl (C=O) groups excluding carboxylic acids is 2. The van der Waals surface area contributed by atoms with E-state index < -0.39 is 16.9 Å². The van der Waals surface area contributed by atoms with Crippen molar-refractivity contribution in [2.45, 2.75) is 31.7 Å². The fourth-order valence-corrected chi connectivity index (χ4v) is 5.04. The Morgan fingerprint density at radius 2 is 1.93 bits per heavy atom. The van der Waals surface area contributed by atoms with Crippen LogP contribution in [0.1, 0.15) is 36.5 Å². The fraction of sp³-hybridized carbons (Fsp3) is 0.571. The van der Waals surface area contributed by atoms with E-state index in [1.807, 2.05) is 25.1 Å². The summed E-state index contributed by atoms with van der Waals surface area (Å²) in [5.41, 5.74) is -1.31. The summed E-state index contributed by atoms with van der Waals surface area (Å²) in [6.07, 6.45) is 1.76. The molecule has 0 aromatic heterocycles.